The Morgan fingerprint density at radius 2 is 2.26 bits per heavy atom. The van der Waals surface area contributed by atoms with Crippen LogP contribution in [0.2, 0.25) is 0 Å². The Balaban J connectivity index is 2.41. The molecule has 0 fully saturated rings. The van der Waals surface area contributed by atoms with Crippen LogP contribution in [-0.2, 0) is 0 Å². The fraction of sp³-hybridized carbons (Fsp3) is 0.273. The number of alkyl halides is 1. The van der Waals surface area contributed by atoms with Gasteiger partial charge in [-0.3, -0.25) is 10.1 Å². The highest BCUT2D eigenvalue weighted by atomic mass is 35.5. The lowest BCUT2D eigenvalue weighted by molar-refractivity contribution is -0.385. The predicted molar refractivity (Wildman–Crippen MR) is 65.2 cm³/mol. The van der Waals surface area contributed by atoms with Crippen molar-refractivity contribution in [3.8, 4) is 11.5 Å². The number of hydrogen-bond donors (Lipinski definition) is 0. The maximum Gasteiger partial charge on any atom is 0.273 e. The Bertz CT molecular complexity index is 617. The Hall–Kier alpha value is -2.02. The molecule has 8 heteroatoms. The average molecular weight is 286 g/mol. The van der Waals surface area contributed by atoms with E-state index in [-0.39, 0.29) is 23.0 Å². The van der Waals surface area contributed by atoms with Gasteiger partial charge in [0.15, 0.2) is 5.82 Å². The zero-order valence-electron chi connectivity index (χ0n) is 9.84. The number of hydrogen-bond acceptors (Lipinski definition) is 5. The maximum absolute atomic E-state index is 13.3. The van der Waals surface area contributed by atoms with E-state index in [9.17, 15) is 14.5 Å². The molecule has 0 spiro atoms. The standard InChI is InChI=1S/C11H9ClFN3O3/c1-2-9(12)10-14-11(19-15-10)6-3-7(13)5-8(4-6)16(17)18/h3-5,9H,2H2,1H3. The molecule has 2 aromatic rings. The summed E-state index contributed by atoms with van der Waals surface area (Å²) < 4.78 is 18.2. The second-order valence-electron chi connectivity index (χ2n) is 3.79. The van der Waals surface area contributed by atoms with Gasteiger partial charge >= 0.3 is 0 Å². The van der Waals surface area contributed by atoms with Crippen LogP contribution in [0.25, 0.3) is 11.5 Å². The highest BCUT2D eigenvalue weighted by Crippen LogP contribution is 2.27. The van der Waals surface area contributed by atoms with E-state index in [1.54, 1.807) is 0 Å². The second-order valence-corrected chi connectivity index (χ2v) is 4.32. The molecule has 2 rings (SSSR count). The van der Waals surface area contributed by atoms with Crippen molar-refractivity contribution in [3.05, 3.63) is 40.0 Å². The zero-order chi connectivity index (χ0) is 14.0. The molecule has 0 saturated heterocycles. The van der Waals surface area contributed by atoms with Crippen LogP contribution in [0.15, 0.2) is 22.7 Å². The van der Waals surface area contributed by atoms with Crippen LogP contribution < -0.4 is 0 Å². The molecule has 0 aliphatic carbocycles. The van der Waals surface area contributed by atoms with Crippen molar-refractivity contribution in [3.63, 3.8) is 0 Å². The van der Waals surface area contributed by atoms with Crippen LogP contribution in [0.1, 0.15) is 24.5 Å². The van der Waals surface area contributed by atoms with E-state index in [0.717, 1.165) is 18.2 Å². The minimum atomic E-state index is -0.748. The molecule has 1 heterocycles. The molecule has 6 nitrogen and oxygen atoms in total. The molecule has 0 radical (unpaired) electrons. The van der Waals surface area contributed by atoms with Gasteiger partial charge in [-0.05, 0) is 12.5 Å². The second kappa shape index (κ2) is 5.31. The third kappa shape index (κ3) is 2.87. The summed E-state index contributed by atoms with van der Waals surface area (Å²) in [6.45, 7) is 1.85. The van der Waals surface area contributed by atoms with Gasteiger partial charge in [0.05, 0.1) is 16.4 Å². The largest absolute Gasteiger partial charge is 0.334 e. The summed E-state index contributed by atoms with van der Waals surface area (Å²) in [5.41, 5.74) is -0.238. The molecule has 0 N–H and O–H groups in total. The Kier molecular flexibility index (Phi) is 3.75. The van der Waals surface area contributed by atoms with Gasteiger partial charge < -0.3 is 4.52 Å². The average Bonchev–Trinajstić information content (AvgIpc) is 2.86. The minimum absolute atomic E-state index is 0.00306. The van der Waals surface area contributed by atoms with Crippen LogP contribution in [0, 0.1) is 15.9 Å². The Morgan fingerprint density at radius 1 is 1.53 bits per heavy atom. The Labute approximate surface area is 112 Å². The number of benzene rings is 1. The van der Waals surface area contributed by atoms with Gasteiger partial charge in [-0.15, -0.1) is 11.6 Å². The van der Waals surface area contributed by atoms with E-state index in [0.29, 0.717) is 6.42 Å². The summed E-state index contributed by atoms with van der Waals surface area (Å²) >= 11 is 5.94. The van der Waals surface area contributed by atoms with Crippen molar-refractivity contribution in [2.75, 3.05) is 0 Å². The molecule has 0 aliphatic heterocycles. The van der Waals surface area contributed by atoms with Crippen molar-refractivity contribution < 1.29 is 13.8 Å². The first-order valence-electron chi connectivity index (χ1n) is 5.44. The van der Waals surface area contributed by atoms with Gasteiger partial charge in [-0.2, -0.15) is 4.98 Å². The molecule has 0 bridgehead atoms. The van der Waals surface area contributed by atoms with Gasteiger partial charge in [0.25, 0.3) is 11.6 Å². The van der Waals surface area contributed by atoms with Crippen LogP contribution in [0.3, 0.4) is 0 Å². The number of rotatable bonds is 4. The van der Waals surface area contributed by atoms with Crippen LogP contribution >= 0.6 is 11.6 Å². The third-order valence-electron chi connectivity index (χ3n) is 2.42. The molecule has 1 unspecified atom stereocenters. The molecule has 1 aromatic heterocycles. The maximum atomic E-state index is 13.3. The van der Waals surface area contributed by atoms with E-state index in [1.165, 1.54) is 0 Å². The molecule has 100 valence electrons. The number of nitro benzene ring substituents is 1. The highest BCUT2D eigenvalue weighted by molar-refractivity contribution is 6.20. The molecule has 1 atom stereocenters. The van der Waals surface area contributed by atoms with Gasteiger partial charge in [0.1, 0.15) is 5.82 Å². The van der Waals surface area contributed by atoms with Gasteiger partial charge in [-0.1, -0.05) is 12.1 Å². The summed E-state index contributed by atoms with van der Waals surface area (Å²) in [4.78, 5) is 13.9. The minimum Gasteiger partial charge on any atom is -0.334 e. The molecular weight excluding hydrogens is 277 g/mol. The quantitative estimate of drug-likeness (QED) is 0.488. The van der Waals surface area contributed by atoms with Gasteiger partial charge in [0, 0.05) is 11.6 Å². The predicted octanol–water partition coefficient (Wildman–Crippen LogP) is 3.47. The first kappa shape index (κ1) is 13.4. The lowest BCUT2D eigenvalue weighted by Crippen LogP contribution is -1.92. The van der Waals surface area contributed by atoms with Crippen molar-refractivity contribution in [2.24, 2.45) is 0 Å². The lowest BCUT2D eigenvalue weighted by atomic mass is 10.2. The molecule has 0 amide bonds. The SMILES string of the molecule is CCC(Cl)c1noc(-c2cc(F)cc([N+](=O)[O-])c2)n1. The number of non-ortho nitro benzene ring substituents is 1. The summed E-state index contributed by atoms with van der Waals surface area (Å²) in [5, 5.41) is 13.9. The van der Waals surface area contributed by atoms with Crippen LogP contribution in [0.5, 0.6) is 0 Å². The van der Waals surface area contributed by atoms with Gasteiger partial charge in [0.2, 0.25) is 0 Å². The van der Waals surface area contributed by atoms with E-state index in [4.69, 9.17) is 16.1 Å². The van der Waals surface area contributed by atoms with E-state index < -0.39 is 16.1 Å². The van der Waals surface area contributed by atoms with Crippen molar-refractivity contribution in [1.82, 2.24) is 10.1 Å². The first-order valence-corrected chi connectivity index (χ1v) is 5.88. The fourth-order valence-corrected chi connectivity index (χ4v) is 1.55. The summed E-state index contributed by atoms with van der Waals surface area (Å²) in [7, 11) is 0. The van der Waals surface area contributed by atoms with E-state index in [1.807, 2.05) is 6.92 Å². The normalized spacial score (nSPS) is 12.4. The topological polar surface area (TPSA) is 82.1 Å². The molecule has 1 aromatic carbocycles. The summed E-state index contributed by atoms with van der Waals surface area (Å²) in [6.07, 6.45) is 0.601. The first-order chi connectivity index (χ1) is 9.01. The Morgan fingerprint density at radius 3 is 2.89 bits per heavy atom. The number of nitrogens with zero attached hydrogens (tertiary/aromatic N) is 3. The van der Waals surface area contributed by atoms with Gasteiger partial charge in [-0.25, -0.2) is 4.39 Å². The lowest BCUT2D eigenvalue weighted by Gasteiger charge is -1.97. The van der Waals surface area contributed by atoms with Crippen molar-refractivity contribution in [1.29, 1.82) is 0 Å². The third-order valence-corrected chi connectivity index (χ3v) is 2.92. The van der Waals surface area contributed by atoms with Crippen LogP contribution in [-0.4, -0.2) is 15.1 Å². The molecule has 0 saturated carbocycles. The number of aromatic nitrogens is 2. The summed E-state index contributed by atoms with van der Waals surface area (Å²) in [5.74, 6) is -0.482. The number of nitro groups is 1. The van der Waals surface area contributed by atoms with E-state index in [2.05, 4.69) is 10.1 Å². The molecule has 0 aliphatic rings. The van der Waals surface area contributed by atoms with Crippen molar-refractivity contribution >= 4 is 17.3 Å². The molecular formula is C11H9ClFN3O3. The van der Waals surface area contributed by atoms with Crippen LogP contribution in [0.4, 0.5) is 10.1 Å². The number of halogens is 2. The van der Waals surface area contributed by atoms with E-state index >= 15 is 0 Å². The zero-order valence-corrected chi connectivity index (χ0v) is 10.6. The fourth-order valence-electron chi connectivity index (χ4n) is 1.46. The van der Waals surface area contributed by atoms with Crippen molar-refractivity contribution in [2.45, 2.75) is 18.7 Å². The molecule has 19 heavy (non-hydrogen) atoms. The smallest absolute Gasteiger partial charge is 0.273 e. The monoisotopic (exact) mass is 285 g/mol. The highest BCUT2D eigenvalue weighted by Gasteiger charge is 2.18. The summed E-state index contributed by atoms with van der Waals surface area (Å²) in [6, 6.07) is 3.06.